The van der Waals surface area contributed by atoms with Crippen molar-refractivity contribution < 1.29 is 9.47 Å². The molecule has 1 aliphatic heterocycles. The molecule has 2 aliphatic rings. The van der Waals surface area contributed by atoms with Gasteiger partial charge in [-0.25, -0.2) is 0 Å². The van der Waals surface area contributed by atoms with Crippen LogP contribution in [0.5, 0.6) is 0 Å². The number of ether oxygens (including phenoxy) is 2. The lowest BCUT2D eigenvalue weighted by Gasteiger charge is -2.36. The molecule has 0 amide bonds. The van der Waals surface area contributed by atoms with Crippen LogP contribution in [0, 0.1) is 5.92 Å². The van der Waals surface area contributed by atoms with E-state index in [1.807, 2.05) is 18.8 Å². The third-order valence-electron chi connectivity index (χ3n) is 5.67. The van der Waals surface area contributed by atoms with E-state index in [1.165, 1.54) is 25.7 Å². The fourth-order valence-corrected chi connectivity index (χ4v) is 4.78. The second kappa shape index (κ2) is 11.3. The largest absolute Gasteiger partial charge is 0.381 e. The summed E-state index contributed by atoms with van der Waals surface area (Å²) in [6.07, 6.45) is 11.3. The maximum Gasteiger partial charge on any atom is 0.191 e. The van der Waals surface area contributed by atoms with Gasteiger partial charge in [-0.2, -0.15) is 11.8 Å². The average molecular weight is 372 g/mol. The van der Waals surface area contributed by atoms with Gasteiger partial charge in [-0.15, -0.1) is 0 Å². The number of rotatable bonds is 9. The molecule has 1 unspecified atom stereocenters. The van der Waals surface area contributed by atoms with Gasteiger partial charge >= 0.3 is 0 Å². The molecule has 1 saturated heterocycles. The van der Waals surface area contributed by atoms with Crippen molar-refractivity contribution in [3.8, 4) is 0 Å². The minimum Gasteiger partial charge on any atom is -0.381 e. The van der Waals surface area contributed by atoms with Crippen LogP contribution >= 0.6 is 11.8 Å². The molecular formula is C19H37N3O2S. The monoisotopic (exact) mass is 371 g/mol. The van der Waals surface area contributed by atoms with Crippen LogP contribution in [0.15, 0.2) is 4.99 Å². The van der Waals surface area contributed by atoms with E-state index in [2.05, 4.69) is 28.8 Å². The molecule has 0 spiro atoms. The summed E-state index contributed by atoms with van der Waals surface area (Å²) in [7, 11) is 1.85. The Bertz CT molecular complexity index is 394. The van der Waals surface area contributed by atoms with E-state index in [-0.39, 0.29) is 4.75 Å². The average Bonchev–Trinajstić information content (AvgIpc) is 3.19. The van der Waals surface area contributed by atoms with Crippen molar-refractivity contribution in [3.05, 3.63) is 0 Å². The van der Waals surface area contributed by atoms with Gasteiger partial charge in [-0.05, 0) is 51.2 Å². The van der Waals surface area contributed by atoms with Crippen LogP contribution in [0.1, 0.15) is 51.9 Å². The Morgan fingerprint density at radius 3 is 2.60 bits per heavy atom. The molecule has 1 heterocycles. The molecule has 0 aromatic carbocycles. The molecule has 6 heteroatoms. The Balaban J connectivity index is 1.73. The van der Waals surface area contributed by atoms with Crippen LogP contribution in [-0.4, -0.2) is 63.0 Å². The summed E-state index contributed by atoms with van der Waals surface area (Å²) >= 11 is 1.95. The third-order valence-corrected chi connectivity index (χ3v) is 7.08. The topological polar surface area (TPSA) is 54.9 Å². The summed E-state index contributed by atoms with van der Waals surface area (Å²) < 4.78 is 11.8. The maximum absolute atomic E-state index is 6.01. The summed E-state index contributed by atoms with van der Waals surface area (Å²) in [6, 6.07) is 0. The van der Waals surface area contributed by atoms with E-state index in [0.29, 0.717) is 6.10 Å². The first-order valence-corrected chi connectivity index (χ1v) is 11.1. The molecule has 5 nitrogen and oxygen atoms in total. The third kappa shape index (κ3) is 6.65. The first-order valence-electron chi connectivity index (χ1n) is 9.92. The Hall–Kier alpha value is -0.460. The van der Waals surface area contributed by atoms with Gasteiger partial charge in [-0.3, -0.25) is 4.99 Å². The van der Waals surface area contributed by atoms with Crippen molar-refractivity contribution in [1.82, 2.24) is 10.6 Å². The lowest BCUT2D eigenvalue weighted by Crippen LogP contribution is -2.48. The van der Waals surface area contributed by atoms with Crippen molar-refractivity contribution in [2.24, 2.45) is 10.9 Å². The summed E-state index contributed by atoms with van der Waals surface area (Å²) in [4.78, 5) is 4.39. The first-order chi connectivity index (χ1) is 12.2. The van der Waals surface area contributed by atoms with Gasteiger partial charge < -0.3 is 20.1 Å². The van der Waals surface area contributed by atoms with E-state index in [9.17, 15) is 0 Å². The molecule has 146 valence electrons. The van der Waals surface area contributed by atoms with Crippen molar-refractivity contribution in [2.45, 2.75) is 62.7 Å². The van der Waals surface area contributed by atoms with Gasteiger partial charge in [0.05, 0.1) is 6.10 Å². The van der Waals surface area contributed by atoms with E-state index in [4.69, 9.17) is 9.47 Å². The predicted octanol–water partition coefficient (Wildman–Crippen LogP) is 3.05. The smallest absolute Gasteiger partial charge is 0.191 e. The zero-order valence-corrected chi connectivity index (χ0v) is 17.1. The second-order valence-electron chi connectivity index (χ2n) is 7.18. The fourth-order valence-electron chi connectivity index (χ4n) is 3.99. The quantitative estimate of drug-likeness (QED) is 0.482. The highest BCUT2D eigenvalue weighted by Crippen LogP contribution is 2.33. The highest BCUT2D eigenvalue weighted by molar-refractivity contribution is 8.00. The molecule has 2 N–H and O–H groups in total. The molecule has 0 bridgehead atoms. The number of nitrogens with zero attached hydrogens (tertiary/aromatic N) is 1. The van der Waals surface area contributed by atoms with Crippen molar-refractivity contribution >= 4 is 17.7 Å². The number of thioether (sulfide) groups is 1. The lowest BCUT2D eigenvalue weighted by molar-refractivity contribution is 0.0169. The number of guanidine groups is 1. The van der Waals surface area contributed by atoms with Crippen molar-refractivity contribution in [1.29, 1.82) is 0 Å². The SMILES string of the molecule is CCOC(CCNC(=NC)NCC1(SC)CCOCC1)C1CCCC1. The Morgan fingerprint density at radius 2 is 2.00 bits per heavy atom. The summed E-state index contributed by atoms with van der Waals surface area (Å²) in [5.41, 5.74) is 0. The predicted molar refractivity (Wildman–Crippen MR) is 108 cm³/mol. The first kappa shape index (κ1) is 20.8. The Morgan fingerprint density at radius 1 is 1.28 bits per heavy atom. The summed E-state index contributed by atoms with van der Waals surface area (Å²) in [5, 5.41) is 7.01. The lowest BCUT2D eigenvalue weighted by atomic mass is 9.98. The molecule has 0 radical (unpaired) electrons. The van der Waals surface area contributed by atoms with Crippen LogP contribution in [-0.2, 0) is 9.47 Å². The van der Waals surface area contributed by atoms with Crippen LogP contribution < -0.4 is 10.6 Å². The van der Waals surface area contributed by atoms with Crippen molar-refractivity contribution in [3.63, 3.8) is 0 Å². The van der Waals surface area contributed by atoms with Gasteiger partial charge in [0.1, 0.15) is 0 Å². The minimum absolute atomic E-state index is 0.271. The fraction of sp³-hybridized carbons (Fsp3) is 0.947. The minimum atomic E-state index is 0.271. The van der Waals surface area contributed by atoms with E-state index < -0.39 is 0 Å². The summed E-state index contributed by atoms with van der Waals surface area (Å²) in [6.45, 7) is 6.50. The Labute approximate surface area is 158 Å². The second-order valence-corrected chi connectivity index (χ2v) is 8.45. The highest BCUT2D eigenvalue weighted by atomic mass is 32.2. The zero-order valence-electron chi connectivity index (χ0n) is 16.3. The zero-order chi connectivity index (χ0) is 18.0. The molecule has 1 saturated carbocycles. The van der Waals surface area contributed by atoms with Crippen LogP contribution in [0.2, 0.25) is 0 Å². The van der Waals surface area contributed by atoms with Gasteiger partial charge in [0.2, 0.25) is 0 Å². The maximum atomic E-state index is 6.01. The normalized spacial score (nSPS) is 22.8. The number of hydrogen-bond donors (Lipinski definition) is 2. The van der Waals surface area contributed by atoms with Gasteiger partial charge in [0.15, 0.2) is 5.96 Å². The number of nitrogens with one attached hydrogen (secondary N) is 2. The molecule has 0 aromatic heterocycles. The molecule has 1 aliphatic carbocycles. The van der Waals surface area contributed by atoms with E-state index in [1.54, 1.807) is 0 Å². The number of aliphatic imine (C=N–C) groups is 1. The standard InChI is InChI=1S/C19H37N3O2S/c1-4-24-17(16-7-5-6-8-16)9-12-21-18(20-2)22-15-19(25-3)10-13-23-14-11-19/h16-17H,4-15H2,1-3H3,(H2,20,21,22). The molecule has 2 rings (SSSR count). The van der Waals surface area contributed by atoms with Crippen LogP contribution in [0.4, 0.5) is 0 Å². The molecule has 2 fully saturated rings. The van der Waals surface area contributed by atoms with Gasteiger partial charge in [-0.1, -0.05) is 12.8 Å². The van der Waals surface area contributed by atoms with Gasteiger partial charge in [0.25, 0.3) is 0 Å². The Kier molecular flexibility index (Phi) is 9.42. The van der Waals surface area contributed by atoms with Gasteiger partial charge in [0, 0.05) is 44.7 Å². The molecule has 1 atom stereocenters. The summed E-state index contributed by atoms with van der Waals surface area (Å²) in [5.74, 6) is 1.65. The van der Waals surface area contributed by atoms with E-state index in [0.717, 1.165) is 64.1 Å². The molecule has 0 aromatic rings. The molecule has 25 heavy (non-hydrogen) atoms. The number of hydrogen-bond acceptors (Lipinski definition) is 4. The van der Waals surface area contributed by atoms with Crippen LogP contribution in [0.25, 0.3) is 0 Å². The van der Waals surface area contributed by atoms with Crippen molar-refractivity contribution in [2.75, 3.05) is 46.2 Å². The molecular weight excluding hydrogens is 334 g/mol. The van der Waals surface area contributed by atoms with Crippen LogP contribution in [0.3, 0.4) is 0 Å². The van der Waals surface area contributed by atoms with E-state index >= 15 is 0 Å². The highest BCUT2D eigenvalue weighted by Gasteiger charge is 2.32.